The summed E-state index contributed by atoms with van der Waals surface area (Å²) < 4.78 is 1.22. The Morgan fingerprint density at radius 3 is 2.05 bits per heavy atom. The van der Waals surface area contributed by atoms with Crippen molar-refractivity contribution < 1.29 is 39.3 Å². The number of thioether (sulfide) groups is 2. The lowest BCUT2D eigenvalue weighted by Gasteiger charge is -2.13. The molecule has 0 radical (unpaired) electrons. The van der Waals surface area contributed by atoms with Crippen molar-refractivity contribution in [1.82, 2.24) is 14.0 Å². The largest absolute Gasteiger partial charge is 0.480 e. The highest BCUT2D eigenvalue weighted by Crippen LogP contribution is 2.45. The first kappa shape index (κ1) is 31.0. The van der Waals surface area contributed by atoms with E-state index in [9.17, 15) is 43.8 Å². The van der Waals surface area contributed by atoms with Crippen LogP contribution in [0.5, 0.6) is 0 Å². The number of hydrogen-bond donors (Lipinski definition) is 3. The lowest BCUT2D eigenvalue weighted by atomic mass is 10.3. The first-order valence-electron chi connectivity index (χ1n) is 12.4. The Balaban J connectivity index is 1.82. The maximum Gasteiger partial charge on any atom is 0.323 e. The minimum atomic E-state index is -1.46. The number of aliphatic carboxylic acids is 3. The number of fused-ring (bicyclic) bond motifs is 1. The zero-order chi connectivity index (χ0) is 32.0. The molecule has 2 aliphatic heterocycles. The molecule has 2 aromatic heterocycles. The molecule has 1 saturated heterocycles. The van der Waals surface area contributed by atoms with Crippen molar-refractivity contribution in [3.63, 3.8) is 0 Å². The van der Waals surface area contributed by atoms with Crippen LogP contribution in [0.25, 0.3) is 10.5 Å². The van der Waals surface area contributed by atoms with E-state index in [0.717, 1.165) is 36.1 Å². The summed E-state index contributed by atoms with van der Waals surface area (Å²) in [5, 5.41) is 28.0. The van der Waals surface area contributed by atoms with Crippen LogP contribution in [0.3, 0.4) is 0 Å². The number of allylic oxidation sites excluding steroid dienone is 1. The number of carboxylic acids is 3. The Morgan fingerprint density at radius 2 is 1.43 bits per heavy atom. The van der Waals surface area contributed by atoms with Crippen LogP contribution >= 0.6 is 46.2 Å². The highest BCUT2D eigenvalue weighted by Gasteiger charge is 2.38. The van der Waals surface area contributed by atoms with Gasteiger partial charge in [0.25, 0.3) is 22.3 Å². The second-order valence-corrected chi connectivity index (χ2v) is 13.3. The van der Waals surface area contributed by atoms with Crippen molar-refractivity contribution in [2.45, 2.75) is 24.9 Å². The van der Waals surface area contributed by atoms with Gasteiger partial charge in [0.15, 0.2) is 0 Å². The molecule has 44 heavy (non-hydrogen) atoms. The number of thiazole rings is 2. The van der Waals surface area contributed by atoms with Crippen LogP contribution in [0, 0.1) is 9.20 Å². The minimum absolute atomic E-state index is 0.0778. The molecule has 1 aromatic carbocycles. The Morgan fingerprint density at radius 1 is 0.818 bits per heavy atom. The van der Waals surface area contributed by atoms with Gasteiger partial charge in [-0.25, -0.2) is 0 Å². The Kier molecular flexibility index (Phi) is 8.43. The second kappa shape index (κ2) is 11.9. The van der Waals surface area contributed by atoms with Crippen LogP contribution in [0.15, 0.2) is 49.9 Å². The molecular formula is C26H20N4O10S4. The van der Waals surface area contributed by atoms with E-state index in [1.54, 1.807) is 13.0 Å². The number of para-hydroxylation sites is 1. The SMILES string of the molecule is C/C(C=C1Sc2ccccc2N1C)=c1\s/c(=c2/s/c(=C3/SC(=O)N(CC(=O)O)C3=O)n(CC(=O)O)c2=O)n(CC(=O)O)c1=O. The molecule has 1 fully saturated rings. The molecule has 14 nitrogen and oxygen atoms in total. The summed E-state index contributed by atoms with van der Waals surface area (Å²) >= 11 is 3.27. The van der Waals surface area contributed by atoms with Gasteiger partial charge in [0.1, 0.15) is 38.4 Å². The monoisotopic (exact) mass is 676 g/mol. The molecule has 4 heterocycles. The number of imide groups is 1. The molecule has 3 N–H and O–H groups in total. The average Bonchev–Trinajstić information content (AvgIpc) is 3.63. The average molecular weight is 677 g/mol. The first-order chi connectivity index (χ1) is 20.8. The van der Waals surface area contributed by atoms with E-state index < -0.39 is 59.8 Å². The third kappa shape index (κ3) is 5.63. The highest BCUT2D eigenvalue weighted by atomic mass is 32.2. The van der Waals surface area contributed by atoms with Crippen molar-refractivity contribution in [1.29, 1.82) is 0 Å². The number of carbonyl (C=O) groups is 5. The van der Waals surface area contributed by atoms with E-state index in [1.165, 1.54) is 11.8 Å². The van der Waals surface area contributed by atoms with Gasteiger partial charge in [-0.2, -0.15) is 0 Å². The lowest BCUT2D eigenvalue weighted by Crippen LogP contribution is -2.35. The maximum atomic E-state index is 13.6. The molecule has 0 aliphatic carbocycles. The van der Waals surface area contributed by atoms with Crippen LogP contribution in [0.1, 0.15) is 6.92 Å². The molecule has 2 amide bonds. The molecule has 0 unspecified atom stereocenters. The second-order valence-electron chi connectivity index (χ2n) is 9.32. The molecule has 228 valence electrons. The van der Waals surface area contributed by atoms with E-state index in [1.807, 2.05) is 36.2 Å². The van der Waals surface area contributed by atoms with Crippen LogP contribution in [-0.2, 0) is 32.3 Å². The van der Waals surface area contributed by atoms with Gasteiger partial charge in [-0.15, -0.1) is 22.7 Å². The first-order valence-corrected chi connectivity index (χ1v) is 15.6. The molecule has 3 aromatic rings. The summed E-state index contributed by atoms with van der Waals surface area (Å²) in [5.74, 6) is -5.31. The van der Waals surface area contributed by atoms with Crippen LogP contribution in [0.2, 0.25) is 0 Å². The zero-order valence-electron chi connectivity index (χ0n) is 22.6. The quantitative estimate of drug-likeness (QED) is 0.317. The standard InChI is InChI=1S/C26H20N4O10S4/c1-11(7-14-27(2)12-5-3-4-6-13(12)41-14)18-21(37)28(8-15(31)32)24(42-18)19-22(38)29(9-16(33)34)25(43-19)20-23(39)30(10-17(35)36)26(40)44-20/h3-7H,8-10H2,1-2H3,(H,31,32)(H,33,34)(H,35,36)/b14-7?,18-11+,24-19+,25-20+. The molecule has 0 saturated carbocycles. The van der Waals surface area contributed by atoms with Gasteiger partial charge >= 0.3 is 17.9 Å². The van der Waals surface area contributed by atoms with Gasteiger partial charge in [-0.1, -0.05) is 23.9 Å². The summed E-state index contributed by atoms with van der Waals surface area (Å²) in [5.41, 5.74) is -0.164. The van der Waals surface area contributed by atoms with Crippen molar-refractivity contribution >= 4 is 91.4 Å². The van der Waals surface area contributed by atoms with Crippen molar-refractivity contribution in [3.05, 3.63) is 74.5 Å². The Bertz CT molecular complexity index is 2180. The summed E-state index contributed by atoms with van der Waals surface area (Å²) in [6, 6.07) is 7.69. The Hall–Kier alpha value is -4.39. The van der Waals surface area contributed by atoms with Crippen molar-refractivity contribution in [2.24, 2.45) is 0 Å². The summed E-state index contributed by atoms with van der Waals surface area (Å²) in [7, 11) is 1.86. The number of anilines is 1. The summed E-state index contributed by atoms with van der Waals surface area (Å²) in [6.45, 7) is -1.00. The number of nitrogens with zero attached hydrogens (tertiary/aromatic N) is 4. The van der Waals surface area contributed by atoms with Gasteiger partial charge in [0.05, 0.1) is 15.2 Å². The molecule has 18 heteroatoms. The number of hydrogen-bond acceptors (Lipinski definition) is 12. The van der Waals surface area contributed by atoms with Crippen molar-refractivity contribution in [2.75, 3.05) is 18.5 Å². The Labute approximate surface area is 261 Å². The number of rotatable bonds is 7. The van der Waals surface area contributed by atoms with Crippen LogP contribution < -0.4 is 25.2 Å². The number of benzene rings is 1. The van der Waals surface area contributed by atoms with Gasteiger partial charge in [0, 0.05) is 11.9 Å². The molecule has 0 spiro atoms. The third-order valence-electron chi connectivity index (χ3n) is 6.35. The lowest BCUT2D eigenvalue weighted by molar-refractivity contribution is -0.140. The van der Waals surface area contributed by atoms with Crippen molar-refractivity contribution in [3.8, 4) is 0 Å². The zero-order valence-corrected chi connectivity index (χ0v) is 25.9. The number of carbonyl (C=O) groups excluding carboxylic acids is 2. The van der Waals surface area contributed by atoms with E-state index >= 15 is 0 Å². The molecule has 0 atom stereocenters. The summed E-state index contributed by atoms with van der Waals surface area (Å²) in [4.78, 5) is 90.1. The van der Waals surface area contributed by atoms with Gasteiger partial charge in [-0.3, -0.25) is 47.6 Å². The van der Waals surface area contributed by atoms with E-state index in [-0.39, 0.29) is 23.3 Å². The number of aromatic nitrogens is 2. The normalized spacial score (nSPS) is 18.3. The highest BCUT2D eigenvalue weighted by molar-refractivity contribution is 8.23. The van der Waals surface area contributed by atoms with Gasteiger partial charge < -0.3 is 20.2 Å². The topological polar surface area (TPSA) is 197 Å². The van der Waals surface area contributed by atoms with Gasteiger partial charge in [-0.05, 0) is 42.5 Å². The predicted octanol–water partition coefficient (Wildman–Crippen LogP) is 0.731. The predicted molar refractivity (Wildman–Crippen MR) is 163 cm³/mol. The fraction of sp³-hybridized carbons (Fsp3) is 0.192. The van der Waals surface area contributed by atoms with Gasteiger partial charge in [0.2, 0.25) is 0 Å². The van der Waals surface area contributed by atoms with E-state index in [0.29, 0.717) is 33.6 Å². The van der Waals surface area contributed by atoms with Crippen LogP contribution in [-0.4, -0.2) is 72.0 Å². The molecule has 2 aliphatic rings. The fourth-order valence-electron chi connectivity index (χ4n) is 4.40. The van der Waals surface area contributed by atoms with E-state index in [2.05, 4.69) is 0 Å². The maximum absolute atomic E-state index is 13.6. The fourth-order valence-corrected chi connectivity index (χ4v) is 8.95. The number of amides is 2. The molecule has 5 rings (SSSR count). The summed E-state index contributed by atoms with van der Waals surface area (Å²) in [6.07, 6.45) is 1.77. The third-order valence-corrected chi connectivity index (χ3v) is 11.3. The van der Waals surface area contributed by atoms with E-state index in [4.69, 9.17) is 5.11 Å². The van der Waals surface area contributed by atoms with Crippen LogP contribution in [0.4, 0.5) is 10.5 Å². The number of carboxylic acid groups (broad SMARTS) is 3. The molecule has 0 bridgehead atoms. The smallest absolute Gasteiger partial charge is 0.323 e. The molecular weight excluding hydrogens is 657 g/mol. The minimum Gasteiger partial charge on any atom is -0.480 e.